The number of ether oxygens (including phenoxy) is 2. The lowest BCUT2D eigenvalue weighted by Crippen LogP contribution is -2.41. The van der Waals surface area contributed by atoms with Crippen molar-refractivity contribution in [2.75, 3.05) is 13.4 Å². The van der Waals surface area contributed by atoms with Crippen molar-refractivity contribution in [3.05, 3.63) is 22.7 Å². The summed E-state index contributed by atoms with van der Waals surface area (Å²) >= 11 is 6.02. The number of amides is 1. The van der Waals surface area contributed by atoms with Crippen LogP contribution in [0, 0.1) is 5.92 Å². The molecule has 5 nitrogen and oxygen atoms in total. The SMILES string of the molecule is CC(C)C(CO)NC(=O)c1cc(Cl)c2c(c1)OCO2. The molecule has 2 rings (SSSR count). The monoisotopic (exact) mass is 285 g/mol. The normalized spacial score (nSPS) is 14.6. The molecule has 2 N–H and O–H groups in total. The maximum Gasteiger partial charge on any atom is 0.251 e. The summed E-state index contributed by atoms with van der Waals surface area (Å²) in [5.41, 5.74) is 0.383. The molecule has 6 heteroatoms. The van der Waals surface area contributed by atoms with Gasteiger partial charge in [-0.2, -0.15) is 0 Å². The van der Waals surface area contributed by atoms with Crippen molar-refractivity contribution in [3.8, 4) is 11.5 Å². The molecular formula is C13H16ClNO4. The van der Waals surface area contributed by atoms with E-state index in [1.807, 2.05) is 13.8 Å². The summed E-state index contributed by atoms with van der Waals surface area (Å²) in [6, 6.07) is 2.81. The van der Waals surface area contributed by atoms with Crippen molar-refractivity contribution in [1.29, 1.82) is 0 Å². The Morgan fingerprint density at radius 3 is 2.84 bits per heavy atom. The Balaban J connectivity index is 2.18. The molecule has 0 spiro atoms. The van der Waals surface area contributed by atoms with Crippen LogP contribution in [0.4, 0.5) is 0 Å². The molecule has 0 saturated heterocycles. The highest BCUT2D eigenvalue weighted by atomic mass is 35.5. The minimum Gasteiger partial charge on any atom is -0.454 e. The number of nitrogens with one attached hydrogen (secondary N) is 1. The second-order valence-corrected chi connectivity index (χ2v) is 5.11. The lowest BCUT2D eigenvalue weighted by atomic mass is 10.0. The summed E-state index contributed by atoms with van der Waals surface area (Å²) in [5, 5.41) is 12.3. The fraction of sp³-hybridized carbons (Fsp3) is 0.462. The molecule has 1 unspecified atom stereocenters. The first-order valence-electron chi connectivity index (χ1n) is 6.03. The number of carbonyl (C=O) groups excluding carboxylic acids is 1. The second-order valence-electron chi connectivity index (χ2n) is 4.70. The largest absolute Gasteiger partial charge is 0.454 e. The molecule has 1 aromatic carbocycles. The van der Waals surface area contributed by atoms with Crippen LogP contribution in [-0.4, -0.2) is 30.5 Å². The van der Waals surface area contributed by atoms with Gasteiger partial charge in [0.25, 0.3) is 5.91 Å². The Morgan fingerprint density at radius 1 is 1.47 bits per heavy atom. The van der Waals surface area contributed by atoms with E-state index >= 15 is 0 Å². The van der Waals surface area contributed by atoms with Gasteiger partial charge in [-0.1, -0.05) is 25.4 Å². The van der Waals surface area contributed by atoms with E-state index in [0.29, 0.717) is 22.1 Å². The Bertz CT molecular complexity index is 490. The lowest BCUT2D eigenvalue weighted by molar-refractivity contribution is 0.0896. The maximum absolute atomic E-state index is 12.1. The highest BCUT2D eigenvalue weighted by Gasteiger charge is 2.22. The van der Waals surface area contributed by atoms with E-state index in [2.05, 4.69) is 5.32 Å². The van der Waals surface area contributed by atoms with Crippen LogP contribution in [-0.2, 0) is 0 Å². The van der Waals surface area contributed by atoms with Crippen LogP contribution >= 0.6 is 11.6 Å². The van der Waals surface area contributed by atoms with Crippen LogP contribution in [0.2, 0.25) is 5.02 Å². The third-order valence-electron chi connectivity index (χ3n) is 3.01. The second kappa shape index (κ2) is 5.67. The molecule has 1 heterocycles. The number of aliphatic hydroxyl groups excluding tert-OH is 1. The lowest BCUT2D eigenvalue weighted by Gasteiger charge is -2.20. The summed E-state index contributed by atoms with van der Waals surface area (Å²) in [6.07, 6.45) is 0. The standard InChI is InChI=1S/C13H16ClNO4/c1-7(2)10(5-16)15-13(17)8-3-9(14)12-11(4-8)18-6-19-12/h3-4,7,10,16H,5-6H2,1-2H3,(H,15,17). The number of halogens is 1. The maximum atomic E-state index is 12.1. The first-order valence-corrected chi connectivity index (χ1v) is 6.41. The number of hydrogen-bond acceptors (Lipinski definition) is 4. The summed E-state index contributed by atoms with van der Waals surface area (Å²) in [5.74, 6) is 0.759. The third kappa shape index (κ3) is 2.93. The van der Waals surface area contributed by atoms with Crippen molar-refractivity contribution in [2.24, 2.45) is 5.92 Å². The third-order valence-corrected chi connectivity index (χ3v) is 3.29. The highest BCUT2D eigenvalue weighted by Crippen LogP contribution is 2.39. The number of aliphatic hydroxyl groups is 1. The molecule has 0 aliphatic carbocycles. The Morgan fingerprint density at radius 2 is 2.21 bits per heavy atom. The van der Waals surface area contributed by atoms with E-state index in [-0.39, 0.29) is 31.3 Å². The summed E-state index contributed by atoms with van der Waals surface area (Å²) in [7, 11) is 0. The number of carbonyl (C=O) groups is 1. The molecule has 1 aliphatic rings. The highest BCUT2D eigenvalue weighted by molar-refractivity contribution is 6.32. The molecule has 1 aromatic rings. The average Bonchev–Trinajstić information content (AvgIpc) is 2.83. The summed E-state index contributed by atoms with van der Waals surface area (Å²) < 4.78 is 10.4. The van der Waals surface area contributed by atoms with Gasteiger partial charge in [-0.05, 0) is 18.1 Å². The minimum absolute atomic E-state index is 0.103. The van der Waals surface area contributed by atoms with E-state index in [1.165, 1.54) is 6.07 Å². The van der Waals surface area contributed by atoms with Gasteiger partial charge in [0, 0.05) is 5.56 Å². The van der Waals surface area contributed by atoms with Crippen molar-refractivity contribution >= 4 is 17.5 Å². The molecule has 1 amide bonds. The Labute approximate surface area is 116 Å². The molecule has 0 aromatic heterocycles. The zero-order valence-corrected chi connectivity index (χ0v) is 11.5. The Hall–Kier alpha value is -1.46. The minimum atomic E-state index is -0.298. The van der Waals surface area contributed by atoms with Crippen molar-refractivity contribution in [3.63, 3.8) is 0 Å². The molecule has 1 atom stereocenters. The van der Waals surface area contributed by atoms with Gasteiger partial charge < -0.3 is 19.9 Å². The smallest absolute Gasteiger partial charge is 0.251 e. The molecule has 0 bridgehead atoms. The van der Waals surface area contributed by atoms with Gasteiger partial charge in [0.15, 0.2) is 11.5 Å². The predicted molar refractivity (Wildman–Crippen MR) is 70.8 cm³/mol. The zero-order valence-electron chi connectivity index (χ0n) is 10.8. The van der Waals surface area contributed by atoms with Gasteiger partial charge in [-0.25, -0.2) is 0 Å². The van der Waals surface area contributed by atoms with Gasteiger partial charge in [-0.3, -0.25) is 4.79 Å². The van der Waals surface area contributed by atoms with Crippen LogP contribution < -0.4 is 14.8 Å². The van der Waals surface area contributed by atoms with E-state index in [1.54, 1.807) is 6.07 Å². The van der Waals surface area contributed by atoms with E-state index in [0.717, 1.165) is 0 Å². The van der Waals surface area contributed by atoms with E-state index in [9.17, 15) is 9.90 Å². The van der Waals surface area contributed by atoms with Crippen LogP contribution in [0.1, 0.15) is 24.2 Å². The molecule has 0 radical (unpaired) electrons. The zero-order chi connectivity index (χ0) is 14.0. The molecule has 104 valence electrons. The fourth-order valence-electron chi connectivity index (χ4n) is 1.77. The van der Waals surface area contributed by atoms with Crippen LogP contribution in [0.5, 0.6) is 11.5 Å². The summed E-state index contributed by atoms with van der Waals surface area (Å²) in [6.45, 7) is 3.84. The molecule has 0 saturated carbocycles. The van der Waals surface area contributed by atoms with E-state index < -0.39 is 0 Å². The fourth-order valence-corrected chi connectivity index (χ4v) is 2.04. The van der Waals surface area contributed by atoms with Gasteiger partial charge in [0.2, 0.25) is 6.79 Å². The van der Waals surface area contributed by atoms with Gasteiger partial charge in [0.1, 0.15) is 0 Å². The van der Waals surface area contributed by atoms with Crippen LogP contribution in [0.3, 0.4) is 0 Å². The van der Waals surface area contributed by atoms with Crippen molar-refractivity contribution < 1.29 is 19.4 Å². The van der Waals surface area contributed by atoms with Gasteiger partial charge >= 0.3 is 0 Å². The van der Waals surface area contributed by atoms with E-state index in [4.69, 9.17) is 21.1 Å². The van der Waals surface area contributed by atoms with Crippen LogP contribution in [0.25, 0.3) is 0 Å². The first-order chi connectivity index (χ1) is 9.02. The number of fused-ring (bicyclic) bond motifs is 1. The van der Waals surface area contributed by atoms with Crippen molar-refractivity contribution in [1.82, 2.24) is 5.32 Å². The number of hydrogen-bond donors (Lipinski definition) is 2. The van der Waals surface area contributed by atoms with Crippen molar-refractivity contribution in [2.45, 2.75) is 19.9 Å². The van der Waals surface area contributed by atoms with Crippen LogP contribution in [0.15, 0.2) is 12.1 Å². The number of rotatable bonds is 4. The topological polar surface area (TPSA) is 67.8 Å². The molecule has 0 fully saturated rings. The van der Waals surface area contributed by atoms with Gasteiger partial charge in [0.05, 0.1) is 17.7 Å². The summed E-state index contributed by atoms with van der Waals surface area (Å²) in [4.78, 5) is 12.1. The van der Waals surface area contributed by atoms with Gasteiger partial charge in [-0.15, -0.1) is 0 Å². The number of benzene rings is 1. The first kappa shape index (κ1) is 14.0. The molecule has 1 aliphatic heterocycles. The Kier molecular flexibility index (Phi) is 4.17. The molecule has 19 heavy (non-hydrogen) atoms. The predicted octanol–water partition coefficient (Wildman–Crippen LogP) is 1.82. The quantitative estimate of drug-likeness (QED) is 0.885. The average molecular weight is 286 g/mol. The molecular weight excluding hydrogens is 270 g/mol.